The number of nitrogens with two attached hydrogens (primary N) is 1. The SMILES string of the molecule is NC1CCCC2CN(Cc3ccccc3F)CC12. The molecule has 3 heteroatoms. The Labute approximate surface area is 108 Å². The second-order valence-corrected chi connectivity index (χ2v) is 5.80. The molecule has 2 N–H and O–H groups in total. The third-order valence-corrected chi connectivity index (χ3v) is 4.58. The molecule has 2 aliphatic rings. The van der Waals surface area contributed by atoms with Crippen molar-refractivity contribution in [1.29, 1.82) is 0 Å². The second-order valence-electron chi connectivity index (χ2n) is 5.80. The first-order valence-electron chi connectivity index (χ1n) is 6.95. The maximum Gasteiger partial charge on any atom is 0.127 e. The van der Waals surface area contributed by atoms with Gasteiger partial charge in [-0.1, -0.05) is 24.6 Å². The standard InChI is InChI=1S/C15H21FN2/c16-14-6-2-1-4-12(14)9-18-8-11-5-3-7-15(17)13(11)10-18/h1-2,4,6,11,13,15H,3,5,7-10,17H2. The van der Waals surface area contributed by atoms with Crippen molar-refractivity contribution in [3.8, 4) is 0 Å². The molecule has 3 unspecified atom stereocenters. The summed E-state index contributed by atoms with van der Waals surface area (Å²) < 4.78 is 13.6. The first-order chi connectivity index (χ1) is 8.74. The predicted octanol–water partition coefficient (Wildman–Crippen LogP) is 2.38. The molecule has 1 aromatic rings. The molecule has 1 aromatic carbocycles. The van der Waals surface area contributed by atoms with Crippen LogP contribution >= 0.6 is 0 Å². The minimum atomic E-state index is -0.0864. The molecule has 1 aliphatic heterocycles. The fraction of sp³-hybridized carbons (Fsp3) is 0.600. The third kappa shape index (κ3) is 2.29. The molecular formula is C15H21FN2. The average Bonchev–Trinajstić information content (AvgIpc) is 2.76. The monoisotopic (exact) mass is 248 g/mol. The van der Waals surface area contributed by atoms with Crippen molar-refractivity contribution >= 4 is 0 Å². The van der Waals surface area contributed by atoms with Crippen LogP contribution in [0.4, 0.5) is 4.39 Å². The largest absolute Gasteiger partial charge is 0.327 e. The van der Waals surface area contributed by atoms with Crippen LogP contribution in [0.1, 0.15) is 24.8 Å². The molecule has 1 aliphatic carbocycles. The molecule has 0 amide bonds. The zero-order valence-corrected chi connectivity index (χ0v) is 10.7. The summed E-state index contributed by atoms with van der Waals surface area (Å²) in [6.45, 7) is 2.86. The Bertz CT molecular complexity index is 421. The van der Waals surface area contributed by atoms with Gasteiger partial charge in [0.05, 0.1) is 0 Å². The fourth-order valence-electron chi connectivity index (χ4n) is 3.61. The molecule has 3 rings (SSSR count). The Balaban J connectivity index is 1.67. The number of halogens is 1. The van der Waals surface area contributed by atoms with Gasteiger partial charge in [-0.2, -0.15) is 0 Å². The van der Waals surface area contributed by atoms with Crippen molar-refractivity contribution in [2.75, 3.05) is 13.1 Å². The Morgan fingerprint density at radius 1 is 1.22 bits per heavy atom. The summed E-state index contributed by atoms with van der Waals surface area (Å²) in [4.78, 5) is 2.37. The van der Waals surface area contributed by atoms with E-state index in [1.807, 2.05) is 12.1 Å². The van der Waals surface area contributed by atoms with E-state index >= 15 is 0 Å². The van der Waals surface area contributed by atoms with Crippen LogP contribution in [0.2, 0.25) is 0 Å². The molecule has 98 valence electrons. The predicted molar refractivity (Wildman–Crippen MR) is 70.5 cm³/mol. The number of hydrogen-bond donors (Lipinski definition) is 1. The normalized spacial score (nSPS) is 32.4. The van der Waals surface area contributed by atoms with E-state index in [1.54, 1.807) is 12.1 Å². The summed E-state index contributed by atoms with van der Waals surface area (Å²) in [5, 5.41) is 0. The number of fused-ring (bicyclic) bond motifs is 1. The molecule has 2 fully saturated rings. The van der Waals surface area contributed by atoms with Gasteiger partial charge in [-0.25, -0.2) is 4.39 Å². The lowest BCUT2D eigenvalue weighted by atomic mass is 9.78. The Morgan fingerprint density at radius 2 is 2.06 bits per heavy atom. The molecule has 2 nitrogen and oxygen atoms in total. The summed E-state index contributed by atoms with van der Waals surface area (Å²) in [6, 6.07) is 7.45. The van der Waals surface area contributed by atoms with E-state index in [4.69, 9.17) is 5.73 Å². The number of likely N-dealkylation sites (tertiary alicyclic amines) is 1. The second kappa shape index (κ2) is 4.98. The number of nitrogens with zero attached hydrogens (tertiary/aromatic N) is 1. The lowest BCUT2D eigenvalue weighted by Crippen LogP contribution is -2.38. The maximum atomic E-state index is 13.6. The quantitative estimate of drug-likeness (QED) is 0.870. The average molecular weight is 248 g/mol. The highest BCUT2D eigenvalue weighted by molar-refractivity contribution is 5.17. The van der Waals surface area contributed by atoms with Crippen LogP contribution in [0.15, 0.2) is 24.3 Å². The smallest absolute Gasteiger partial charge is 0.127 e. The molecule has 0 spiro atoms. The number of rotatable bonds is 2. The zero-order valence-electron chi connectivity index (χ0n) is 10.7. The molecule has 1 saturated heterocycles. The number of benzene rings is 1. The van der Waals surface area contributed by atoms with Gasteiger partial charge in [0.2, 0.25) is 0 Å². The van der Waals surface area contributed by atoms with Crippen LogP contribution in [0.5, 0.6) is 0 Å². The van der Waals surface area contributed by atoms with E-state index in [9.17, 15) is 4.39 Å². The third-order valence-electron chi connectivity index (χ3n) is 4.58. The molecular weight excluding hydrogens is 227 g/mol. The Morgan fingerprint density at radius 3 is 2.83 bits per heavy atom. The zero-order chi connectivity index (χ0) is 12.5. The Hall–Kier alpha value is -0.930. The van der Waals surface area contributed by atoms with Gasteiger partial charge in [-0.15, -0.1) is 0 Å². The van der Waals surface area contributed by atoms with Crippen molar-refractivity contribution in [3.05, 3.63) is 35.6 Å². The van der Waals surface area contributed by atoms with Gasteiger partial charge in [0, 0.05) is 31.2 Å². The van der Waals surface area contributed by atoms with Gasteiger partial charge in [0.25, 0.3) is 0 Å². The van der Waals surface area contributed by atoms with E-state index in [0.717, 1.165) is 37.5 Å². The summed E-state index contributed by atoms with van der Waals surface area (Å²) in [6.07, 6.45) is 3.72. The van der Waals surface area contributed by atoms with E-state index in [2.05, 4.69) is 4.90 Å². The summed E-state index contributed by atoms with van der Waals surface area (Å²) in [5.74, 6) is 1.28. The van der Waals surface area contributed by atoms with Gasteiger partial charge in [0.1, 0.15) is 5.82 Å². The summed E-state index contributed by atoms with van der Waals surface area (Å²) >= 11 is 0. The minimum Gasteiger partial charge on any atom is -0.327 e. The fourth-order valence-corrected chi connectivity index (χ4v) is 3.61. The first-order valence-corrected chi connectivity index (χ1v) is 6.95. The molecule has 0 bridgehead atoms. The van der Waals surface area contributed by atoms with Crippen molar-refractivity contribution in [2.45, 2.75) is 31.8 Å². The van der Waals surface area contributed by atoms with Gasteiger partial charge in [0.15, 0.2) is 0 Å². The van der Waals surface area contributed by atoms with Gasteiger partial charge in [-0.05, 0) is 30.7 Å². The molecule has 18 heavy (non-hydrogen) atoms. The van der Waals surface area contributed by atoms with Gasteiger partial charge in [-0.3, -0.25) is 4.90 Å². The van der Waals surface area contributed by atoms with Crippen molar-refractivity contribution in [3.63, 3.8) is 0 Å². The topological polar surface area (TPSA) is 29.3 Å². The Kier molecular flexibility index (Phi) is 3.35. The first kappa shape index (κ1) is 12.1. The highest BCUT2D eigenvalue weighted by Gasteiger charge is 2.38. The van der Waals surface area contributed by atoms with Crippen molar-refractivity contribution in [2.24, 2.45) is 17.6 Å². The highest BCUT2D eigenvalue weighted by atomic mass is 19.1. The van der Waals surface area contributed by atoms with E-state index in [0.29, 0.717) is 12.0 Å². The van der Waals surface area contributed by atoms with E-state index in [1.165, 1.54) is 12.8 Å². The van der Waals surface area contributed by atoms with Crippen LogP contribution in [0, 0.1) is 17.7 Å². The van der Waals surface area contributed by atoms with Crippen LogP contribution in [-0.4, -0.2) is 24.0 Å². The molecule has 1 saturated carbocycles. The highest BCUT2D eigenvalue weighted by Crippen LogP contribution is 2.36. The van der Waals surface area contributed by atoms with Crippen LogP contribution in [0.3, 0.4) is 0 Å². The van der Waals surface area contributed by atoms with Crippen molar-refractivity contribution in [1.82, 2.24) is 4.90 Å². The van der Waals surface area contributed by atoms with Gasteiger partial charge < -0.3 is 5.73 Å². The van der Waals surface area contributed by atoms with Gasteiger partial charge >= 0.3 is 0 Å². The van der Waals surface area contributed by atoms with Crippen molar-refractivity contribution < 1.29 is 4.39 Å². The molecule has 0 aromatic heterocycles. The van der Waals surface area contributed by atoms with Crippen LogP contribution in [-0.2, 0) is 6.54 Å². The number of hydrogen-bond acceptors (Lipinski definition) is 2. The van der Waals surface area contributed by atoms with E-state index < -0.39 is 0 Å². The molecule has 1 heterocycles. The molecule has 0 radical (unpaired) electrons. The lowest BCUT2D eigenvalue weighted by Gasteiger charge is -2.29. The minimum absolute atomic E-state index is 0.0864. The molecule has 3 atom stereocenters. The van der Waals surface area contributed by atoms with Crippen LogP contribution < -0.4 is 5.73 Å². The lowest BCUT2D eigenvalue weighted by molar-refractivity contribution is 0.259. The maximum absolute atomic E-state index is 13.6. The summed E-state index contributed by atoms with van der Waals surface area (Å²) in [5.41, 5.74) is 7.01. The summed E-state index contributed by atoms with van der Waals surface area (Å²) in [7, 11) is 0. The van der Waals surface area contributed by atoms with E-state index in [-0.39, 0.29) is 5.82 Å². The van der Waals surface area contributed by atoms with Crippen LogP contribution in [0.25, 0.3) is 0 Å².